The Balaban J connectivity index is 0.000000240. The van der Waals surface area contributed by atoms with Crippen molar-refractivity contribution >= 4 is 5.78 Å². The molecule has 0 atom stereocenters. The second kappa shape index (κ2) is 10.1. The number of ketones is 1. The van der Waals surface area contributed by atoms with Crippen LogP contribution in [0.4, 0.5) is 0 Å². The number of ether oxygens (including phenoxy) is 2. The van der Waals surface area contributed by atoms with E-state index in [1.807, 2.05) is 36.4 Å². The number of hydrogen-bond acceptors (Lipinski definition) is 4. The first-order valence-corrected chi connectivity index (χ1v) is 7.59. The van der Waals surface area contributed by atoms with Crippen molar-refractivity contribution in [3.05, 3.63) is 66.2 Å². The number of carbonyl (C=O) groups excluding carboxylic acids is 1. The van der Waals surface area contributed by atoms with E-state index in [9.17, 15) is 9.90 Å². The Morgan fingerprint density at radius 1 is 1.08 bits per heavy atom. The molecule has 0 heterocycles. The topological polar surface area (TPSA) is 55.8 Å². The van der Waals surface area contributed by atoms with E-state index in [0.717, 1.165) is 23.3 Å². The van der Waals surface area contributed by atoms with Gasteiger partial charge >= 0.3 is 0 Å². The largest absolute Gasteiger partial charge is 0.504 e. The first-order valence-electron chi connectivity index (χ1n) is 7.59. The maximum atomic E-state index is 10.7. The predicted octanol–water partition coefficient (Wildman–Crippen LogP) is 3.96. The number of phenolic OH excluding ortho intramolecular Hbond substituents is 1. The summed E-state index contributed by atoms with van der Waals surface area (Å²) in [6.07, 6.45) is 3.10. The molecule has 24 heavy (non-hydrogen) atoms. The Labute approximate surface area is 143 Å². The Morgan fingerprint density at radius 2 is 1.71 bits per heavy atom. The average Bonchev–Trinajstić information content (AvgIpc) is 2.57. The zero-order valence-electron chi connectivity index (χ0n) is 14.4. The highest BCUT2D eigenvalue weighted by atomic mass is 16.5. The van der Waals surface area contributed by atoms with E-state index in [1.165, 1.54) is 7.11 Å². The van der Waals surface area contributed by atoms with Crippen molar-refractivity contribution < 1.29 is 19.4 Å². The van der Waals surface area contributed by atoms with E-state index in [2.05, 4.69) is 6.58 Å². The fraction of sp³-hybridized carbons (Fsp3) is 0.250. The zero-order valence-corrected chi connectivity index (χ0v) is 14.4. The van der Waals surface area contributed by atoms with E-state index in [4.69, 9.17) is 9.47 Å². The molecule has 4 nitrogen and oxygen atoms in total. The number of methoxy groups -OCH3 is 2. The zero-order chi connectivity index (χ0) is 17.9. The highest BCUT2D eigenvalue weighted by Gasteiger charge is 2.00. The quantitative estimate of drug-likeness (QED) is 0.816. The number of rotatable bonds is 6. The smallest absolute Gasteiger partial charge is 0.160 e. The fourth-order valence-corrected chi connectivity index (χ4v) is 2.05. The Hall–Kier alpha value is -2.75. The second-order valence-corrected chi connectivity index (χ2v) is 5.23. The molecule has 1 N–H and O–H groups in total. The van der Waals surface area contributed by atoms with Crippen LogP contribution in [0.15, 0.2) is 55.1 Å². The van der Waals surface area contributed by atoms with Gasteiger partial charge in [0.05, 0.1) is 14.2 Å². The molecule has 2 aromatic carbocycles. The molecule has 4 heteroatoms. The minimum absolute atomic E-state index is 0.172. The van der Waals surface area contributed by atoms with Crippen LogP contribution in [0.3, 0.4) is 0 Å². The molecule has 128 valence electrons. The maximum Gasteiger partial charge on any atom is 0.160 e. The average molecular weight is 328 g/mol. The van der Waals surface area contributed by atoms with Gasteiger partial charge in [0.1, 0.15) is 11.5 Å². The lowest BCUT2D eigenvalue weighted by atomic mass is 10.1. The predicted molar refractivity (Wildman–Crippen MR) is 95.9 cm³/mol. The summed E-state index contributed by atoms with van der Waals surface area (Å²) in [4.78, 5) is 10.7. The standard InChI is InChI=1S/2C10H12O2/c1-8(11)7-9-3-5-10(12-2)6-4-9;1-3-4-8-5-6-9(11)10(7-8)12-2/h3-6H,7H2,1-2H3;3,5-7,11H,1,4H2,2H3. The number of aromatic hydroxyl groups is 1. The molecule has 0 aliphatic rings. The van der Waals surface area contributed by atoms with Crippen molar-refractivity contribution in [3.8, 4) is 17.2 Å². The number of benzene rings is 2. The second-order valence-electron chi connectivity index (χ2n) is 5.23. The van der Waals surface area contributed by atoms with Crippen molar-refractivity contribution in [1.82, 2.24) is 0 Å². The summed E-state index contributed by atoms with van der Waals surface area (Å²) in [5, 5.41) is 9.25. The molecular weight excluding hydrogens is 304 g/mol. The van der Waals surface area contributed by atoms with E-state index in [-0.39, 0.29) is 11.5 Å². The van der Waals surface area contributed by atoms with Crippen LogP contribution in [0.2, 0.25) is 0 Å². The van der Waals surface area contributed by atoms with Gasteiger partial charge in [-0.15, -0.1) is 6.58 Å². The number of phenols is 1. The summed E-state index contributed by atoms with van der Waals surface area (Å²) in [6, 6.07) is 12.8. The number of Topliss-reactive ketones (excluding diaryl/α,β-unsaturated/α-hetero) is 1. The van der Waals surface area contributed by atoms with Gasteiger partial charge < -0.3 is 14.6 Å². The third kappa shape index (κ3) is 6.57. The molecule has 0 aromatic heterocycles. The molecule has 2 rings (SSSR count). The monoisotopic (exact) mass is 328 g/mol. The van der Waals surface area contributed by atoms with Gasteiger partial charge in [0.15, 0.2) is 11.5 Å². The SMILES string of the molecule is C=CCc1ccc(O)c(OC)c1.COc1ccc(CC(C)=O)cc1. The Bertz CT molecular complexity index is 660. The minimum atomic E-state index is 0.172. The molecule has 0 aliphatic carbocycles. The van der Waals surface area contributed by atoms with Crippen LogP contribution in [0.5, 0.6) is 17.2 Å². The number of hydrogen-bond donors (Lipinski definition) is 1. The molecular formula is C20H24O4. The highest BCUT2D eigenvalue weighted by molar-refractivity contribution is 5.78. The van der Waals surface area contributed by atoms with Crippen LogP contribution >= 0.6 is 0 Å². The Kier molecular flexibility index (Phi) is 8.13. The van der Waals surface area contributed by atoms with Crippen LogP contribution in [-0.2, 0) is 17.6 Å². The van der Waals surface area contributed by atoms with E-state index >= 15 is 0 Å². The van der Waals surface area contributed by atoms with Crippen LogP contribution in [-0.4, -0.2) is 25.1 Å². The summed E-state index contributed by atoms with van der Waals surface area (Å²) < 4.78 is 9.94. The van der Waals surface area contributed by atoms with Crippen molar-refractivity contribution in [2.75, 3.05) is 14.2 Å². The van der Waals surface area contributed by atoms with Crippen molar-refractivity contribution in [2.24, 2.45) is 0 Å². The maximum absolute atomic E-state index is 10.7. The number of carbonyl (C=O) groups is 1. The third-order valence-corrected chi connectivity index (χ3v) is 3.24. The van der Waals surface area contributed by atoms with E-state index < -0.39 is 0 Å². The summed E-state index contributed by atoms with van der Waals surface area (Å²) in [7, 11) is 3.16. The molecule has 0 radical (unpaired) electrons. The summed E-state index contributed by atoms with van der Waals surface area (Å²) in [5.74, 6) is 1.68. The fourth-order valence-electron chi connectivity index (χ4n) is 2.05. The molecule has 0 spiro atoms. The van der Waals surface area contributed by atoms with Crippen LogP contribution < -0.4 is 9.47 Å². The Morgan fingerprint density at radius 3 is 2.21 bits per heavy atom. The highest BCUT2D eigenvalue weighted by Crippen LogP contribution is 2.26. The van der Waals surface area contributed by atoms with Gasteiger partial charge in [0.25, 0.3) is 0 Å². The summed E-state index contributed by atoms with van der Waals surface area (Å²) >= 11 is 0. The molecule has 0 fully saturated rings. The van der Waals surface area contributed by atoms with Gasteiger partial charge in [-0.2, -0.15) is 0 Å². The molecule has 0 amide bonds. The van der Waals surface area contributed by atoms with Crippen LogP contribution in [0.1, 0.15) is 18.1 Å². The summed E-state index contributed by atoms with van der Waals surface area (Å²) in [6.45, 7) is 5.22. The molecule has 2 aromatic rings. The van der Waals surface area contributed by atoms with Gasteiger partial charge in [0, 0.05) is 6.42 Å². The van der Waals surface area contributed by atoms with Crippen LogP contribution in [0, 0.1) is 0 Å². The third-order valence-electron chi connectivity index (χ3n) is 3.24. The lowest BCUT2D eigenvalue weighted by molar-refractivity contribution is -0.116. The van der Waals surface area contributed by atoms with Crippen molar-refractivity contribution in [2.45, 2.75) is 19.8 Å². The molecule has 0 bridgehead atoms. The minimum Gasteiger partial charge on any atom is -0.504 e. The van der Waals surface area contributed by atoms with Gasteiger partial charge in [-0.25, -0.2) is 0 Å². The normalized spacial score (nSPS) is 9.46. The molecule has 0 aliphatic heterocycles. The first kappa shape index (κ1) is 19.3. The number of allylic oxidation sites excluding steroid dienone is 1. The molecule has 0 unspecified atom stereocenters. The van der Waals surface area contributed by atoms with Gasteiger partial charge in [-0.05, 0) is 48.7 Å². The lowest BCUT2D eigenvalue weighted by Crippen LogP contribution is -1.95. The summed E-state index contributed by atoms with van der Waals surface area (Å²) in [5.41, 5.74) is 2.11. The van der Waals surface area contributed by atoms with Crippen molar-refractivity contribution in [3.63, 3.8) is 0 Å². The van der Waals surface area contributed by atoms with Crippen LogP contribution in [0.25, 0.3) is 0 Å². The molecule has 0 saturated heterocycles. The first-order chi connectivity index (χ1) is 11.5. The molecule has 0 saturated carbocycles. The van der Waals surface area contributed by atoms with E-state index in [1.54, 1.807) is 26.2 Å². The lowest BCUT2D eigenvalue weighted by Gasteiger charge is -2.04. The van der Waals surface area contributed by atoms with Gasteiger partial charge in [-0.1, -0.05) is 24.3 Å². The van der Waals surface area contributed by atoms with Gasteiger partial charge in [-0.3, -0.25) is 4.79 Å². The van der Waals surface area contributed by atoms with E-state index in [0.29, 0.717) is 12.2 Å². The van der Waals surface area contributed by atoms with Gasteiger partial charge in [0.2, 0.25) is 0 Å². The van der Waals surface area contributed by atoms with Crippen molar-refractivity contribution in [1.29, 1.82) is 0 Å².